The van der Waals surface area contributed by atoms with Crippen molar-refractivity contribution in [2.24, 2.45) is 5.92 Å². The number of ether oxygens (including phenoxy) is 1. The molecular formula is C21H28N4O3. The Hall–Kier alpha value is -2.83. The Morgan fingerprint density at radius 2 is 2.00 bits per heavy atom. The molecule has 2 heterocycles. The third-order valence-electron chi connectivity index (χ3n) is 4.64. The number of anilines is 1. The number of carbonyl (C=O) groups is 2. The van der Waals surface area contributed by atoms with E-state index in [0.29, 0.717) is 48.6 Å². The predicted molar refractivity (Wildman–Crippen MR) is 108 cm³/mol. The largest absolute Gasteiger partial charge is 0.492 e. The maximum atomic E-state index is 13.0. The number of aromatic nitrogens is 2. The second-order valence-corrected chi connectivity index (χ2v) is 7.33. The van der Waals surface area contributed by atoms with E-state index in [9.17, 15) is 9.59 Å². The third kappa shape index (κ3) is 4.35. The molecule has 7 heteroatoms. The normalized spacial score (nSPS) is 13.1. The van der Waals surface area contributed by atoms with Crippen molar-refractivity contribution >= 4 is 17.5 Å². The maximum Gasteiger partial charge on any atom is 0.287 e. The van der Waals surface area contributed by atoms with Crippen LogP contribution in [0.3, 0.4) is 0 Å². The van der Waals surface area contributed by atoms with Crippen LogP contribution in [0, 0.1) is 5.92 Å². The first-order chi connectivity index (χ1) is 13.5. The van der Waals surface area contributed by atoms with Gasteiger partial charge in [-0.15, -0.1) is 0 Å². The Kier molecular flexibility index (Phi) is 6.34. The average Bonchev–Trinajstić information content (AvgIpc) is 3.08. The van der Waals surface area contributed by atoms with Crippen LogP contribution in [-0.2, 0) is 13.0 Å². The summed E-state index contributed by atoms with van der Waals surface area (Å²) >= 11 is 0. The Labute approximate surface area is 165 Å². The number of fused-ring (bicyclic) bond motifs is 1. The van der Waals surface area contributed by atoms with Gasteiger partial charge in [0, 0.05) is 13.1 Å². The highest BCUT2D eigenvalue weighted by molar-refractivity contribution is 6.05. The molecule has 0 atom stereocenters. The van der Waals surface area contributed by atoms with Gasteiger partial charge in [-0.05, 0) is 44.2 Å². The lowest BCUT2D eigenvalue weighted by atomic mass is 10.1. The number of rotatable bonds is 7. The fraction of sp³-hybridized carbons (Fsp3) is 0.476. The Bertz CT molecular complexity index is 857. The second-order valence-electron chi connectivity index (χ2n) is 7.33. The minimum absolute atomic E-state index is 0.231. The fourth-order valence-electron chi connectivity index (χ4n) is 3.31. The highest BCUT2D eigenvalue weighted by atomic mass is 16.5. The summed E-state index contributed by atoms with van der Waals surface area (Å²) in [5, 5.41) is 5.80. The SMILES string of the molecule is CCOc1ccccc1NC(=O)c1nc(C(=O)NCC(C)C)n2c1CCCC2. The molecule has 0 spiro atoms. The summed E-state index contributed by atoms with van der Waals surface area (Å²) in [7, 11) is 0. The molecule has 0 bridgehead atoms. The predicted octanol–water partition coefficient (Wildman–Crippen LogP) is 3.26. The molecule has 0 saturated heterocycles. The van der Waals surface area contributed by atoms with E-state index in [4.69, 9.17) is 4.74 Å². The van der Waals surface area contributed by atoms with Crippen LogP contribution >= 0.6 is 0 Å². The van der Waals surface area contributed by atoms with Crippen LogP contribution < -0.4 is 15.4 Å². The van der Waals surface area contributed by atoms with Gasteiger partial charge < -0.3 is 19.9 Å². The molecule has 2 aromatic rings. The number of hydrogen-bond acceptors (Lipinski definition) is 4. The first kappa shape index (κ1) is 19.9. The minimum atomic E-state index is -0.319. The summed E-state index contributed by atoms with van der Waals surface area (Å²) in [6.45, 7) is 7.76. The first-order valence-electron chi connectivity index (χ1n) is 9.92. The molecule has 0 saturated carbocycles. The van der Waals surface area contributed by atoms with Crippen molar-refractivity contribution in [1.29, 1.82) is 0 Å². The molecule has 2 N–H and O–H groups in total. The quantitative estimate of drug-likeness (QED) is 0.767. The number of hydrogen-bond donors (Lipinski definition) is 2. The number of para-hydroxylation sites is 2. The lowest BCUT2D eigenvalue weighted by Crippen LogP contribution is -2.30. The molecule has 1 aliphatic heterocycles. The zero-order chi connectivity index (χ0) is 20.1. The van der Waals surface area contributed by atoms with E-state index in [0.717, 1.165) is 25.0 Å². The maximum absolute atomic E-state index is 13.0. The minimum Gasteiger partial charge on any atom is -0.492 e. The molecule has 0 fully saturated rings. The molecule has 1 aromatic carbocycles. The molecule has 7 nitrogen and oxygen atoms in total. The highest BCUT2D eigenvalue weighted by Crippen LogP contribution is 2.26. The Balaban J connectivity index is 1.87. The summed E-state index contributed by atoms with van der Waals surface area (Å²) < 4.78 is 7.47. The van der Waals surface area contributed by atoms with Gasteiger partial charge in [-0.1, -0.05) is 26.0 Å². The fourth-order valence-corrected chi connectivity index (χ4v) is 3.31. The molecule has 150 valence electrons. The molecule has 0 aliphatic carbocycles. The van der Waals surface area contributed by atoms with Crippen molar-refractivity contribution in [3.8, 4) is 5.75 Å². The molecular weight excluding hydrogens is 356 g/mol. The zero-order valence-electron chi connectivity index (χ0n) is 16.7. The zero-order valence-corrected chi connectivity index (χ0v) is 16.7. The molecule has 0 radical (unpaired) electrons. The monoisotopic (exact) mass is 384 g/mol. The van der Waals surface area contributed by atoms with Gasteiger partial charge in [0.05, 0.1) is 18.0 Å². The number of nitrogens with one attached hydrogen (secondary N) is 2. The van der Waals surface area contributed by atoms with Crippen molar-refractivity contribution in [2.45, 2.75) is 46.6 Å². The molecule has 1 aromatic heterocycles. The van der Waals surface area contributed by atoms with E-state index in [1.54, 1.807) is 6.07 Å². The van der Waals surface area contributed by atoms with Gasteiger partial charge in [0.25, 0.3) is 11.8 Å². The molecule has 3 rings (SSSR count). The standard InChI is InChI=1S/C21H28N4O3/c1-4-28-17-11-6-5-9-15(17)23-20(26)18-16-10-7-8-12-25(16)19(24-18)21(27)22-13-14(2)3/h5-6,9,11,14H,4,7-8,10,12-13H2,1-3H3,(H,22,27)(H,23,26). The van der Waals surface area contributed by atoms with E-state index in [-0.39, 0.29) is 11.8 Å². The van der Waals surface area contributed by atoms with Crippen LogP contribution in [0.25, 0.3) is 0 Å². The van der Waals surface area contributed by atoms with Crippen LogP contribution in [0.2, 0.25) is 0 Å². The van der Waals surface area contributed by atoms with Crippen LogP contribution in [0.5, 0.6) is 5.75 Å². The van der Waals surface area contributed by atoms with Crippen molar-refractivity contribution in [2.75, 3.05) is 18.5 Å². The first-order valence-corrected chi connectivity index (χ1v) is 9.92. The van der Waals surface area contributed by atoms with Gasteiger partial charge in [0.1, 0.15) is 5.75 Å². The van der Waals surface area contributed by atoms with Gasteiger partial charge in [-0.3, -0.25) is 9.59 Å². The van der Waals surface area contributed by atoms with Crippen molar-refractivity contribution < 1.29 is 14.3 Å². The molecule has 2 amide bonds. The van der Waals surface area contributed by atoms with Crippen molar-refractivity contribution in [3.05, 3.63) is 41.5 Å². The Morgan fingerprint density at radius 3 is 2.75 bits per heavy atom. The lowest BCUT2D eigenvalue weighted by Gasteiger charge is -2.17. The van der Waals surface area contributed by atoms with Crippen LogP contribution in [0.1, 0.15) is 60.4 Å². The van der Waals surface area contributed by atoms with E-state index in [1.807, 2.05) is 43.5 Å². The summed E-state index contributed by atoms with van der Waals surface area (Å²) in [4.78, 5) is 30.0. The topological polar surface area (TPSA) is 85.2 Å². The Morgan fingerprint density at radius 1 is 1.21 bits per heavy atom. The van der Waals surface area contributed by atoms with Crippen molar-refractivity contribution in [1.82, 2.24) is 14.9 Å². The molecule has 28 heavy (non-hydrogen) atoms. The van der Waals surface area contributed by atoms with E-state index >= 15 is 0 Å². The smallest absolute Gasteiger partial charge is 0.287 e. The van der Waals surface area contributed by atoms with Gasteiger partial charge in [0.2, 0.25) is 0 Å². The average molecular weight is 384 g/mol. The number of benzene rings is 1. The number of imidazole rings is 1. The molecule has 1 aliphatic rings. The van der Waals surface area contributed by atoms with Gasteiger partial charge in [-0.2, -0.15) is 0 Å². The van der Waals surface area contributed by atoms with Gasteiger partial charge >= 0.3 is 0 Å². The molecule has 0 unspecified atom stereocenters. The van der Waals surface area contributed by atoms with Crippen LogP contribution in [0.4, 0.5) is 5.69 Å². The van der Waals surface area contributed by atoms with E-state index < -0.39 is 0 Å². The number of carbonyl (C=O) groups excluding carboxylic acids is 2. The number of amides is 2. The highest BCUT2D eigenvalue weighted by Gasteiger charge is 2.27. The second kappa shape index (κ2) is 8.91. The summed E-state index contributed by atoms with van der Waals surface area (Å²) in [6, 6.07) is 7.30. The lowest BCUT2D eigenvalue weighted by molar-refractivity contribution is 0.0933. The van der Waals surface area contributed by atoms with E-state index in [1.165, 1.54) is 0 Å². The summed E-state index contributed by atoms with van der Waals surface area (Å²) in [5.41, 5.74) is 1.74. The van der Waals surface area contributed by atoms with E-state index in [2.05, 4.69) is 15.6 Å². The summed E-state index contributed by atoms with van der Waals surface area (Å²) in [5.74, 6) is 0.726. The van der Waals surface area contributed by atoms with Crippen molar-refractivity contribution in [3.63, 3.8) is 0 Å². The van der Waals surface area contributed by atoms with Gasteiger partial charge in [0.15, 0.2) is 11.5 Å². The van der Waals surface area contributed by atoms with Gasteiger partial charge in [-0.25, -0.2) is 4.98 Å². The van der Waals surface area contributed by atoms with Crippen LogP contribution in [-0.4, -0.2) is 34.5 Å². The third-order valence-corrected chi connectivity index (χ3v) is 4.64. The number of nitrogens with zero attached hydrogens (tertiary/aromatic N) is 2. The summed E-state index contributed by atoms with van der Waals surface area (Å²) in [6.07, 6.45) is 2.69. The van der Waals surface area contributed by atoms with Crippen LogP contribution in [0.15, 0.2) is 24.3 Å².